The maximum absolute atomic E-state index is 12.4. The van der Waals surface area contributed by atoms with Gasteiger partial charge in [0.15, 0.2) is 0 Å². The second-order valence-electron chi connectivity index (χ2n) is 4.70. The van der Waals surface area contributed by atoms with Crippen LogP contribution in [0.25, 0.3) is 0 Å². The molecule has 2 atom stereocenters. The summed E-state index contributed by atoms with van der Waals surface area (Å²) < 4.78 is 0. The fourth-order valence-corrected chi connectivity index (χ4v) is 2.92. The second kappa shape index (κ2) is 7.67. The van der Waals surface area contributed by atoms with Gasteiger partial charge in [-0.3, -0.25) is 9.59 Å². The van der Waals surface area contributed by atoms with Crippen molar-refractivity contribution in [3.05, 3.63) is 0 Å². The van der Waals surface area contributed by atoms with E-state index in [1.54, 1.807) is 0 Å². The monoisotopic (exact) mass is 272 g/mol. The lowest BCUT2D eigenvalue weighted by atomic mass is 10.1. The van der Waals surface area contributed by atoms with Crippen LogP contribution in [0, 0.1) is 0 Å². The van der Waals surface area contributed by atoms with Crippen molar-refractivity contribution >= 4 is 23.6 Å². The maximum Gasteiger partial charge on any atom is 0.245 e. The fourth-order valence-electron chi connectivity index (χ4n) is 2.16. The first-order valence-corrected chi connectivity index (χ1v) is 7.93. The first kappa shape index (κ1) is 15.3. The highest BCUT2D eigenvalue weighted by Gasteiger charge is 2.31. The molecule has 1 fully saturated rings. The summed E-state index contributed by atoms with van der Waals surface area (Å²) in [5.74, 6) is 2.09. The largest absolute Gasteiger partial charge is 0.344 e. The van der Waals surface area contributed by atoms with E-state index < -0.39 is 0 Å². The molecule has 0 saturated carbocycles. The van der Waals surface area contributed by atoms with Crippen LogP contribution in [0.1, 0.15) is 40.0 Å². The Bertz CT molecular complexity index is 297. The maximum atomic E-state index is 12.4. The van der Waals surface area contributed by atoms with E-state index in [1.165, 1.54) is 0 Å². The van der Waals surface area contributed by atoms with E-state index in [4.69, 9.17) is 0 Å². The lowest BCUT2D eigenvalue weighted by Crippen LogP contribution is -2.48. The zero-order chi connectivity index (χ0) is 13.5. The van der Waals surface area contributed by atoms with Crippen molar-refractivity contribution in [1.82, 2.24) is 10.2 Å². The van der Waals surface area contributed by atoms with Crippen molar-refractivity contribution < 1.29 is 9.59 Å². The molecule has 4 nitrogen and oxygen atoms in total. The number of rotatable bonds is 6. The van der Waals surface area contributed by atoms with Gasteiger partial charge in [0, 0.05) is 24.8 Å². The average molecular weight is 272 g/mol. The topological polar surface area (TPSA) is 49.4 Å². The molecular formula is C13H24N2O2S. The highest BCUT2D eigenvalue weighted by molar-refractivity contribution is 7.99. The summed E-state index contributed by atoms with van der Waals surface area (Å²) >= 11 is 1.83. The van der Waals surface area contributed by atoms with Crippen LogP contribution in [0.15, 0.2) is 0 Å². The van der Waals surface area contributed by atoms with E-state index in [1.807, 2.05) is 23.6 Å². The molecule has 1 N–H and O–H groups in total. The van der Waals surface area contributed by atoms with Crippen LogP contribution in [-0.2, 0) is 9.59 Å². The Hall–Kier alpha value is -0.710. The van der Waals surface area contributed by atoms with E-state index in [-0.39, 0.29) is 23.9 Å². The normalized spacial score (nSPS) is 22.6. The smallest absolute Gasteiger partial charge is 0.245 e. The number of thioether (sulfide) groups is 1. The molecule has 0 spiro atoms. The second-order valence-corrected chi connectivity index (χ2v) is 6.02. The van der Waals surface area contributed by atoms with E-state index in [0.717, 1.165) is 24.3 Å². The Morgan fingerprint density at radius 2 is 2.17 bits per heavy atom. The van der Waals surface area contributed by atoms with Gasteiger partial charge in [-0.25, -0.2) is 0 Å². The van der Waals surface area contributed by atoms with Crippen LogP contribution in [0.2, 0.25) is 0 Å². The average Bonchev–Trinajstić information content (AvgIpc) is 2.48. The third-order valence-corrected chi connectivity index (χ3v) is 4.30. The van der Waals surface area contributed by atoms with E-state index >= 15 is 0 Å². The van der Waals surface area contributed by atoms with Gasteiger partial charge in [0.2, 0.25) is 11.8 Å². The Labute approximate surface area is 114 Å². The quantitative estimate of drug-likeness (QED) is 0.800. The van der Waals surface area contributed by atoms with E-state index in [9.17, 15) is 9.59 Å². The minimum Gasteiger partial charge on any atom is -0.344 e. The van der Waals surface area contributed by atoms with Crippen LogP contribution >= 0.6 is 11.8 Å². The minimum atomic E-state index is -0.320. The number of hydrogen-bond donors (Lipinski definition) is 1. The van der Waals surface area contributed by atoms with Crippen molar-refractivity contribution in [3.8, 4) is 0 Å². The number of carbonyl (C=O) groups is 2. The van der Waals surface area contributed by atoms with Crippen LogP contribution in [0.3, 0.4) is 0 Å². The number of nitrogens with one attached hydrogen (secondary N) is 1. The van der Waals surface area contributed by atoms with Gasteiger partial charge in [-0.2, -0.15) is 11.8 Å². The van der Waals surface area contributed by atoms with Crippen molar-refractivity contribution in [1.29, 1.82) is 0 Å². The van der Waals surface area contributed by atoms with Gasteiger partial charge in [0.25, 0.3) is 0 Å². The highest BCUT2D eigenvalue weighted by atomic mass is 32.2. The molecule has 1 saturated heterocycles. The first-order valence-electron chi connectivity index (χ1n) is 6.77. The summed E-state index contributed by atoms with van der Waals surface area (Å²) in [5.41, 5.74) is 0. The van der Waals surface area contributed by atoms with Crippen LogP contribution in [0.5, 0.6) is 0 Å². The van der Waals surface area contributed by atoms with Crippen molar-refractivity contribution in [3.63, 3.8) is 0 Å². The molecule has 2 amide bonds. The predicted octanol–water partition coefficient (Wildman–Crippen LogP) is 1.65. The summed E-state index contributed by atoms with van der Waals surface area (Å²) in [7, 11) is 0. The third-order valence-electron chi connectivity index (χ3n) is 3.17. The summed E-state index contributed by atoms with van der Waals surface area (Å²) in [6, 6.07) is -0.117. The molecule has 5 heteroatoms. The summed E-state index contributed by atoms with van der Waals surface area (Å²) in [6.07, 6.45) is 2.06. The van der Waals surface area contributed by atoms with Gasteiger partial charge in [-0.1, -0.05) is 20.3 Å². The van der Waals surface area contributed by atoms with Crippen LogP contribution in [0.4, 0.5) is 0 Å². The first-order chi connectivity index (χ1) is 8.60. The molecule has 18 heavy (non-hydrogen) atoms. The molecule has 0 aromatic carbocycles. The predicted molar refractivity (Wildman–Crippen MR) is 75.6 cm³/mol. The van der Waals surface area contributed by atoms with Gasteiger partial charge in [-0.15, -0.1) is 0 Å². The minimum absolute atomic E-state index is 0.000329. The van der Waals surface area contributed by atoms with Gasteiger partial charge in [0.05, 0.1) is 0 Å². The standard InChI is InChI=1S/C13H24N2O2S/c1-4-6-11-13(17)15(8-7-12(16)14-11)10(3)9-18-5-2/h10-11H,4-9H2,1-3H3,(H,14,16). The lowest BCUT2D eigenvalue weighted by molar-refractivity contribution is -0.135. The van der Waals surface area contributed by atoms with Crippen molar-refractivity contribution in [2.75, 3.05) is 18.1 Å². The molecule has 0 aliphatic carbocycles. The SMILES string of the molecule is CCCC1NC(=O)CCN(C(C)CSCC)C1=O. The van der Waals surface area contributed by atoms with E-state index in [0.29, 0.717) is 13.0 Å². The summed E-state index contributed by atoms with van der Waals surface area (Å²) in [6.45, 7) is 6.77. The molecule has 1 aliphatic heterocycles. The molecular weight excluding hydrogens is 248 g/mol. The Morgan fingerprint density at radius 1 is 1.44 bits per heavy atom. The Balaban J connectivity index is 2.70. The molecule has 0 aromatic heterocycles. The lowest BCUT2D eigenvalue weighted by Gasteiger charge is -2.29. The summed E-state index contributed by atoms with van der Waals surface area (Å²) in [5, 5.41) is 2.83. The van der Waals surface area contributed by atoms with Crippen molar-refractivity contribution in [2.24, 2.45) is 0 Å². The molecule has 2 unspecified atom stereocenters. The number of nitrogens with zero attached hydrogens (tertiary/aromatic N) is 1. The fraction of sp³-hybridized carbons (Fsp3) is 0.846. The Kier molecular flexibility index (Phi) is 6.54. The molecule has 0 aromatic rings. The molecule has 1 heterocycles. The summed E-state index contributed by atoms with van der Waals surface area (Å²) in [4.78, 5) is 25.9. The van der Waals surface area contributed by atoms with Gasteiger partial charge < -0.3 is 10.2 Å². The Morgan fingerprint density at radius 3 is 2.78 bits per heavy atom. The number of amides is 2. The molecule has 1 aliphatic rings. The van der Waals surface area contributed by atoms with Gasteiger partial charge >= 0.3 is 0 Å². The molecule has 1 rings (SSSR count). The third kappa shape index (κ3) is 4.19. The zero-order valence-electron chi connectivity index (χ0n) is 11.6. The van der Waals surface area contributed by atoms with E-state index in [2.05, 4.69) is 19.2 Å². The number of hydrogen-bond acceptors (Lipinski definition) is 3. The van der Waals surface area contributed by atoms with Gasteiger partial charge in [-0.05, 0) is 19.1 Å². The van der Waals surface area contributed by atoms with Crippen LogP contribution < -0.4 is 5.32 Å². The molecule has 0 radical (unpaired) electrons. The van der Waals surface area contributed by atoms with Crippen LogP contribution in [-0.4, -0.2) is 46.8 Å². The van der Waals surface area contributed by atoms with Crippen molar-refractivity contribution in [2.45, 2.75) is 52.1 Å². The van der Waals surface area contributed by atoms with Gasteiger partial charge in [0.1, 0.15) is 6.04 Å². The highest BCUT2D eigenvalue weighted by Crippen LogP contribution is 2.14. The molecule has 0 bridgehead atoms. The number of carbonyl (C=O) groups excluding carboxylic acids is 2. The molecule has 104 valence electrons. The zero-order valence-corrected chi connectivity index (χ0v) is 12.4.